The highest BCUT2D eigenvalue weighted by atomic mass is 32.2. The van der Waals surface area contributed by atoms with Gasteiger partial charge in [0.15, 0.2) is 0 Å². The number of carbonyl (C=O) groups excluding carboxylic acids is 2. The smallest absolute Gasteiger partial charge is 0.263 e. The van der Waals surface area contributed by atoms with Crippen molar-refractivity contribution in [3.05, 3.63) is 59.7 Å². The van der Waals surface area contributed by atoms with Crippen molar-refractivity contribution < 1.29 is 18.0 Å². The Bertz CT molecular complexity index is 1110. The van der Waals surface area contributed by atoms with Crippen LogP contribution in [0.1, 0.15) is 31.9 Å². The summed E-state index contributed by atoms with van der Waals surface area (Å²) >= 11 is 0. The van der Waals surface area contributed by atoms with Crippen LogP contribution in [-0.2, 0) is 26.2 Å². The number of hydrogen-bond donors (Lipinski definition) is 2. The van der Waals surface area contributed by atoms with E-state index in [-0.39, 0.29) is 22.5 Å². The van der Waals surface area contributed by atoms with E-state index in [1.54, 1.807) is 42.2 Å². The van der Waals surface area contributed by atoms with Crippen LogP contribution in [0.25, 0.3) is 0 Å². The summed E-state index contributed by atoms with van der Waals surface area (Å²) in [4.78, 5) is 30.6. The molecule has 0 saturated heterocycles. The summed E-state index contributed by atoms with van der Waals surface area (Å²) < 4.78 is 26.8. The van der Waals surface area contributed by atoms with Gasteiger partial charge >= 0.3 is 0 Å². The van der Waals surface area contributed by atoms with E-state index in [1.807, 2.05) is 19.1 Å². The molecular formula is C21H24N4O4S. The number of amidine groups is 1. The van der Waals surface area contributed by atoms with E-state index in [0.29, 0.717) is 24.3 Å². The van der Waals surface area contributed by atoms with Gasteiger partial charge in [0, 0.05) is 31.3 Å². The standard InChI is InChI=1S/C21H24N4O4S/c1-4-25(15(3)26)13-16-9-5-7-11-18(16)23-21(27)14(2)22-20-17-10-6-8-12-19(17)30(28,29)24-20/h5-12,14H,4,13H2,1-3H3,(H,22,24)(H,23,27)/t14-/m0/s1. The summed E-state index contributed by atoms with van der Waals surface area (Å²) in [5, 5.41) is 2.84. The van der Waals surface area contributed by atoms with Crippen LogP contribution in [0.2, 0.25) is 0 Å². The van der Waals surface area contributed by atoms with Crippen LogP contribution in [0.5, 0.6) is 0 Å². The quantitative estimate of drug-likeness (QED) is 0.735. The number of fused-ring (bicyclic) bond motifs is 1. The second-order valence-corrected chi connectivity index (χ2v) is 8.59. The second kappa shape index (κ2) is 8.66. The first-order valence-electron chi connectivity index (χ1n) is 9.57. The number of benzene rings is 2. The number of anilines is 1. The molecule has 1 atom stereocenters. The predicted molar refractivity (Wildman–Crippen MR) is 115 cm³/mol. The van der Waals surface area contributed by atoms with Crippen molar-refractivity contribution in [2.75, 3.05) is 11.9 Å². The molecule has 2 amide bonds. The fraction of sp³-hybridized carbons (Fsp3) is 0.286. The van der Waals surface area contributed by atoms with E-state index < -0.39 is 16.1 Å². The number of rotatable bonds is 6. The van der Waals surface area contributed by atoms with E-state index in [9.17, 15) is 18.0 Å². The van der Waals surface area contributed by atoms with Gasteiger partial charge in [0.1, 0.15) is 11.9 Å². The molecule has 0 radical (unpaired) electrons. The number of amides is 2. The lowest BCUT2D eigenvalue weighted by Crippen LogP contribution is -2.30. The van der Waals surface area contributed by atoms with Crippen molar-refractivity contribution in [2.24, 2.45) is 4.99 Å². The third-order valence-electron chi connectivity index (χ3n) is 4.83. The zero-order chi connectivity index (χ0) is 21.9. The van der Waals surface area contributed by atoms with Gasteiger partial charge in [-0.2, -0.15) is 0 Å². The first-order valence-corrected chi connectivity index (χ1v) is 11.1. The Morgan fingerprint density at radius 2 is 1.80 bits per heavy atom. The van der Waals surface area contributed by atoms with Crippen LogP contribution in [-0.4, -0.2) is 43.6 Å². The Labute approximate surface area is 176 Å². The van der Waals surface area contributed by atoms with Gasteiger partial charge in [0.05, 0.1) is 4.90 Å². The van der Waals surface area contributed by atoms with Crippen LogP contribution < -0.4 is 10.0 Å². The lowest BCUT2D eigenvalue weighted by molar-refractivity contribution is -0.129. The van der Waals surface area contributed by atoms with Gasteiger partial charge < -0.3 is 10.2 Å². The van der Waals surface area contributed by atoms with Crippen LogP contribution in [0.15, 0.2) is 58.4 Å². The molecule has 158 valence electrons. The Balaban J connectivity index is 1.79. The molecule has 0 bridgehead atoms. The number of nitrogens with zero attached hydrogens (tertiary/aromatic N) is 2. The third kappa shape index (κ3) is 4.51. The second-order valence-electron chi connectivity index (χ2n) is 6.93. The first-order chi connectivity index (χ1) is 14.2. The van der Waals surface area contributed by atoms with E-state index in [4.69, 9.17) is 0 Å². The van der Waals surface area contributed by atoms with Crippen molar-refractivity contribution >= 4 is 33.4 Å². The minimum atomic E-state index is -3.67. The van der Waals surface area contributed by atoms with Crippen LogP contribution >= 0.6 is 0 Å². The first kappa shape index (κ1) is 21.5. The molecule has 30 heavy (non-hydrogen) atoms. The van der Waals surface area contributed by atoms with Gasteiger partial charge in [-0.3, -0.25) is 19.3 Å². The fourth-order valence-corrected chi connectivity index (χ4v) is 4.39. The molecule has 2 N–H and O–H groups in total. The molecule has 8 nitrogen and oxygen atoms in total. The summed E-state index contributed by atoms with van der Waals surface area (Å²) in [7, 11) is -3.67. The highest BCUT2D eigenvalue weighted by molar-refractivity contribution is 7.90. The summed E-state index contributed by atoms with van der Waals surface area (Å²) in [5.41, 5.74) is 1.83. The lowest BCUT2D eigenvalue weighted by Gasteiger charge is -2.21. The molecule has 2 aromatic carbocycles. The summed E-state index contributed by atoms with van der Waals surface area (Å²) in [6.45, 7) is 5.91. The summed E-state index contributed by atoms with van der Waals surface area (Å²) in [6, 6.07) is 12.9. The van der Waals surface area contributed by atoms with Gasteiger partial charge in [0.2, 0.25) is 11.8 Å². The molecule has 1 aliphatic rings. The molecule has 2 aromatic rings. The normalized spacial score (nSPS) is 16.4. The van der Waals surface area contributed by atoms with E-state index in [2.05, 4.69) is 15.0 Å². The Kier molecular flexibility index (Phi) is 6.21. The predicted octanol–water partition coefficient (Wildman–Crippen LogP) is 2.12. The number of para-hydroxylation sites is 1. The van der Waals surface area contributed by atoms with Crippen LogP contribution in [0.3, 0.4) is 0 Å². The SMILES string of the molecule is CCN(Cc1ccccc1NC(=O)[C@H](C)N=C1NS(=O)(=O)c2ccccc21)C(C)=O. The minimum Gasteiger partial charge on any atom is -0.339 e. The third-order valence-corrected chi connectivity index (χ3v) is 6.23. The minimum absolute atomic E-state index is 0.0504. The van der Waals surface area contributed by atoms with E-state index >= 15 is 0 Å². The van der Waals surface area contributed by atoms with E-state index in [0.717, 1.165) is 5.56 Å². The number of sulfonamides is 1. The number of aliphatic imine (C=N–C) groups is 1. The topological polar surface area (TPSA) is 108 Å². The molecule has 0 saturated carbocycles. The largest absolute Gasteiger partial charge is 0.339 e. The Morgan fingerprint density at radius 3 is 2.50 bits per heavy atom. The van der Waals surface area contributed by atoms with Gasteiger partial charge in [-0.05, 0) is 37.6 Å². The summed E-state index contributed by atoms with van der Waals surface area (Å²) in [5.74, 6) is -0.287. The van der Waals surface area contributed by atoms with Gasteiger partial charge in [0.25, 0.3) is 10.0 Å². The number of carbonyl (C=O) groups is 2. The maximum absolute atomic E-state index is 12.7. The van der Waals surface area contributed by atoms with Crippen molar-refractivity contribution in [3.8, 4) is 0 Å². The van der Waals surface area contributed by atoms with Gasteiger partial charge in [-0.1, -0.05) is 30.3 Å². The van der Waals surface area contributed by atoms with E-state index in [1.165, 1.54) is 13.0 Å². The van der Waals surface area contributed by atoms with Crippen molar-refractivity contribution in [1.29, 1.82) is 0 Å². The summed E-state index contributed by atoms with van der Waals surface area (Å²) in [6.07, 6.45) is 0. The lowest BCUT2D eigenvalue weighted by atomic mass is 10.1. The molecule has 0 unspecified atom stereocenters. The molecule has 0 aliphatic carbocycles. The highest BCUT2D eigenvalue weighted by Crippen LogP contribution is 2.23. The molecule has 0 aromatic heterocycles. The number of hydrogen-bond acceptors (Lipinski definition) is 5. The maximum Gasteiger partial charge on any atom is 0.263 e. The molecule has 1 aliphatic heterocycles. The molecule has 0 fully saturated rings. The van der Waals surface area contributed by atoms with Gasteiger partial charge in [-0.15, -0.1) is 0 Å². The molecule has 3 rings (SSSR count). The fourth-order valence-electron chi connectivity index (χ4n) is 3.15. The van der Waals surface area contributed by atoms with Crippen molar-refractivity contribution in [3.63, 3.8) is 0 Å². The highest BCUT2D eigenvalue weighted by Gasteiger charge is 2.31. The molecule has 0 spiro atoms. The zero-order valence-corrected chi connectivity index (χ0v) is 17.9. The molecular weight excluding hydrogens is 404 g/mol. The van der Waals surface area contributed by atoms with Crippen LogP contribution in [0.4, 0.5) is 5.69 Å². The molecule has 9 heteroatoms. The zero-order valence-electron chi connectivity index (χ0n) is 17.0. The molecule has 1 heterocycles. The average molecular weight is 429 g/mol. The Morgan fingerprint density at radius 1 is 1.13 bits per heavy atom. The monoisotopic (exact) mass is 428 g/mol. The van der Waals surface area contributed by atoms with Crippen molar-refractivity contribution in [1.82, 2.24) is 9.62 Å². The van der Waals surface area contributed by atoms with Crippen molar-refractivity contribution in [2.45, 2.75) is 38.3 Å². The van der Waals surface area contributed by atoms with Crippen LogP contribution in [0, 0.1) is 0 Å². The Hall–Kier alpha value is -3.20. The van der Waals surface area contributed by atoms with Gasteiger partial charge in [-0.25, -0.2) is 8.42 Å². The number of nitrogens with one attached hydrogen (secondary N) is 2. The maximum atomic E-state index is 12.7. The average Bonchev–Trinajstić information content (AvgIpc) is 2.97.